The fourth-order valence-corrected chi connectivity index (χ4v) is 4.25. The molecule has 1 aromatic heterocycles. The van der Waals surface area contributed by atoms with Gasteiger partial charge in [0.2, 0.25) is 5.91 Å². The third kappa shape index (κ3) is 4.31. The van der Waals surface area contributed by atoms with E-state index in [1.165, 1.54) is 10.4 Å². The maximum absolute atomic E-state index is 12.8. The van der Waals surface area contributed by atoms with Crippen LogP contribution in [0.3, 0.4) is 0 Å². The molecule has 3 rings (SSSR count). The first kappa shape index (κ1) is 18.6. The van der Waals surface area contributed by atoms with E-state index in [9.17, 15) is 9.59 Å². The summed E-state index contributed by atoms with van der Waals surface area (Å²) in [4.78, 5) is 29.4. The first-order valence-electron chi connectivity index (χ1n) is 9.09. The van der Waals surface area contributed by atoms with Gasteiger partial charge in [0, 0.05) is 40.4 Å². The Labute approximate surface area is 159 Å². The molecule has 0 N–H and O–H groups in total. The number of amides is 1. The summed E-state index contributed by atoms with van der Waals surface area (Å²) in [5, 5.41) is 0. The van der Waals surface area contributed by atoms with Crippen LogP contribution in [0.15, 0.2) is 36.4 Å². The number of hydrogen-bond acceptors (Lipinski definition) is 3. The summed E-state index contributed by atoms with van der Waals surface area (Å²) in [5.41, 5.74) is 3.04. The molecule has 1 fully saturated rings. The van der Waals surface area contributed by atoms with Crippen LogP contribution in [-0.4, -0.2) is 29.7 Å². The third-order valence-electron chi connectivity index (χ3n) is 4.98. The molecule has 1 saturated heterocycles. The molecule has 0 radical (unpaired) electrons. The average Bonchev–Trinajstić information content (AvgIpc) is 3.04. The van der Waals surface area contributed by atoms with Crippen LogP contribution in [-0.2, 0) is 4.79 Å². The largest absolute Gasteiger partial charge is 0.339 e. The molecule has 1 aliphatic heterocycles. The first-order valence-corrected chi connectivity index (χ1v) is 9.90. The first-order chi connectivity index (χ1) is 12.4. The van der Waals surface area contributed by atoms with Gasteiger partial charge in [-0.2, -0.15) is 0 Å². The highest BCUT2D eigenvalue weighted by molar-refractivity contribution is 7.12. The molecule has 3 nitrogen and oxygen atoms in total. The Bertz CT molecular complexity index is 842. The van der Waals surface area contributed by atoms with Gasteiger partial charge in [0.1, 0.15) is 0 Å². The minimum absolute atomic E-state index is 0.0179. The summed E-state index contributed by atoms with van der Waals surface area (Å²) in [7, 11) is 0. The summed E-state index contributed by atoms with van der Waals surface area (Å²) in [6.07, 6.45) is 5.01. The summed E-state index contributed by atoms with van der Waals surface area (Å²) >= 11 is 1.68. The number of thiophene rings is 1. The summed E-state index contributed by atoms with van der Waals surface area (Å²) in [6, 6.07) is 10.1. The molecular formula is C22H25NO2S. The van der Waals surface area contributed by atoms with Crippen LogP contribution in [0.25, 0.3) is 6.08 Å². The molecule has 0 unspecified atom stereocenters. The van der Waals surface area contributed by atoms with Crippen molar-refractivity contribution in [1.29, 1.82) is 0 Å². The maximum atomic E-state index is 12.8. The molecule has 1 aromatic carbocycles. The second kappa shape index (κ2) is 8.00. The molecule has 1 amide bonds. The van der Waals surface area contributed by atoms with Gasteiger partial charge in [-0.15, -0.1) is 11.3 Å². The Hall–Kier alpha value is -2.20. The van der Waals surface area contributed by atoms with Crippen LogP contribution in [0.5, 0.6) is 0 Å². The zero-order valence-electron chi connectivity index (χ0n) is 15.6. The highest BCUT2D eigenvalue weighted by Crippen LogP contribution is 2.24. The Balaban J connectivity index is 1.57. The highest BCUT2D eigenvalue weighted by atomic mass is 32.1. The number of nitrogens with zero attached hydrogens (tertiary/aromatic N) is 1. The van der Waals surface area contributed by atoms with Crippen LogP contribution in [0.4, 0.5) is 0 Å². The van der Waals surface area contributed by atoms with Crippen LogP contribution in [0, 0.1) is 26.7 Å². The van der Waals surface area contributed by atoms with Crippen molar-refractivity contribution in [2.75, 3.05) is 13.1 Å². The van der Waals surface area contributed by atoms with E-state index < -0.39 is 0 Å². The lowest BCUT2D eigenvalue weighted by atomic mass is 9.87. The van der Waals surface area contributed by atoms with E-state index >= 15 is 0 Å². The molecule has 0 saturated carbocycles. The quantitative estimate of drug-likeness (QED) is 0.574. The number of Topliss-reactive ketones (excluding diaryl/α,β-unsaturated/α-hetero) is 1. The van der Waals surface area contributed by atoms with Gasteiger partial charge in [0.05, 0.1) is 0 Å². The average molecular weight is 368 g/mol. The van der Waals surface area contributed by atoms with E-state index in [1.54, 1.807) is 17.4 Å². The Morgan fingerprint density at radius 1 is 1.08 bits per heavy atom. The number of aryl methyl sites for hydroxylation is 3. The smallest absolute Gasteiger partial charge is 0.246 e. The minimum Gasteiger partial charge on any atom is -0.339 e. The summed E-state index contributed by atoms with van der Waals surface area (Å²) < 4.78 is 0. The van der Waals surface area contributed by atoms with E-state index in [1.807, 2.05) is 43.0 Å². The number of piperidine rings is 1. The van der Waals surface area contributed by atoms with Gasteiger partial charge in [0.15, 0.2) is 5.78 Å². The molecule has 4 heteroatoms. The van der Waals surface area contributed by atoms with Crippen molar-refractivity contribution in [3.05, 3.63) is 62.9 Å². The van der Waals surface area contributed by atoms with Crippen molar-refractivity contribution >= 4 is 29.1 Å². The Kier molecular flexibility index (Phi) is 5.72. The summed E-state index contributed by atoms with van der Waals surface area (Å²) in [5.74, 6) is 0.275. The fraction of sp³-hybridized carbons (Fsp3) is 0.364. The molecule has 0 aliphatic carbocycles. The number of hydrogen-bond donors (Lipinski definition) is 0. The van der Waals surface area contributed by atoms with Gasteiger partial charge in [0.25, 0.3) is 0 Å². The molecule has 1 aliphatic rings. The van der Waals surface area contributed by atoms with Crippen molar-refractivity contribution in [3.8, 4) is 0 Å². The molecule has 2 aromatic rings. The topological polar surface area (TPSA) is 37.4 Å². The second-order valence-electron chi connectivity index (χ2n) is 7.06. The van der Waals surface area contributed by atoms with Crippen molar-refractivity contribution in [1.82, 2.24) is 4.90 Å². The number of likely N-dealkylation sites (tertiary alicyclic amines) is 1. The maximum Gasteiger partial charge on any atom is 0.246 e. The third-order valence-corrected chi connectivity index (χ3v) is 5.94. The second-order valence-corrected chi connectivity index (χ2v) is 8.38. The van der Waals surface area contributed by atoms with E-state index in [4.69, 9.17) is 0 Å². The SMILES string of the molecule is Cc1ccc(C(=O)C2CCN(C(=O)/C=C/c3ccc(C)s3)CC2)c(C)c1. The van der Waals surface area contributed by atoms with Gasteiger partial charge in [-0.05, 0) is 57.4 Å². The standard InChI is InChI=1S/C22H25NO2S/c1-15-4-8-20(16(2)14-15)22(25)18-10-12-23(13-11-18)21(24)9-7-19-6-5-17(3)26-19/h4-9,14,18H,10-13H2,1-3H3/b9-7+. The predicted molar refractivity (Wildman–Crippen MR) is 108 cm³/mol. The van der Waals surface area contributed by atoms with E-state index in [0.717, 1.165) is 28.8 Å². The van der Waals surface area contributed by atoms with E-state index in [0.29, 0.717) is 13.1 Å². The number of benzene rings is 1. The summed E-state index contributed by atoms with van der Waals surface area (Å²) in [6.45, 7) is 7.38. The molecule has 0 bridgehead atoms. The van der Waals surface area contributed by atoms with Crippen molar-refractivity contribution in [2.24, 2.45) is 5.92 Å². The Morgan fingerprint density at radius 3 is 2.42 bits per heavy atom. The number of ketones is 1. The van der Waals surface area contributed by atoms with Crippen LogP contribution >= 0.6 is 11.3 Å². The Morgan fingerprint density at radius 2 is 1.81 bits per heavy atom. The molecule has 26 heavy (non-hydrogen) atoms. The number of carbonyl (C=O) groups is 2. The van der Waals surface area contributed by atoms with Gasteiger partial charge >= 0.3 is 0 Å². The molecule has 136 valence electrons. The van der Waals surface area contributed by atoms with Crippen molar-refractivity contribution in [3.63, 3.8) is 0 Å². The normalized spacial score (nSPS) is 15.6. The lowest BCUT2D eigenvalue weighted by Gasteiger charge is -2.30. The van der Waals surface area contributed by atoms with E-state index in [2.05, 4.69) is 19.1 Å². The monoisotopic (exact) mass is 367 g/mol. The molecule has 2 heterocycles. The lowest BCUT2D eigenvalue weighted by Crippen LogP contribution is -2.39. The van der Waals surface area contributed by atoms with Crippen LogP contribution in [0.1, 0.15) is 44.1 Å². The van der Waals surface area contributed by atoms with Gasteiger partial charge in [-0.3, -0.25) is 9.59 Å². The number of rotatable bonds is 4. The van der Waals surface area contributed by atoms with E-state index in [-0.39, 0.29) is 17.6 Å². The van der Waals surface area contributed by atoms with Gasteiger partial charge in [-0.1, -0.05) is 23.8 Å². The molecule has 0 spiro atoms. The van der Waals surface area contributed by atoms with Crippen molar-refractivity contribution < 1.29 is 9.59 Å². The van der Waals surface area contributed by atoms with Crippen molar-refractivity contribution in [2.45, 2.75) is 33.6 Å². The van der Waals surface area contributed by atoms with Crippen LogP contribution in [0.2, 0.25) is 0 Å². The zero-order chi connectivity index (χ0) is 18.7. The predicted octanol–water partition coefficient (Wildman–Crippen LogP) is 4.81. The fourth-order valence-electron chi connectivity index (χ4n) is 3.47. The minimum atomic E-state index is 0.0179. The molecular weight excluding hydrogens is 342 g/mol. The van der Waals surface area contributed by atoms with Gasteiger partial charge < -0.3 is 4.90 Å². The van der Waals surface area contributed by atoms with Crippen LogP contribution < -0.4 is 0 Å². The zero-order valence-corrected chi connectivity index (χ0v) is 16.4. The lowest BCUT2D eigenvalue weighted by molar-refractivity contribution is -0.127. The number of carbonyl (C=O) groups excluding carboxylic acids is 2. The molecule has 0 atom stereocenters. The highest BCUT2D eigenvalue weighted by Gasteiger charge is 2.27. The van der Waals surface area contributed by atoms with Gasteiger partial charge in [-0.25, -0.2) is 0 Å².